The number of hydrogen-bond acceptors (Lipinski definition) is 5. The Bertz CT molecular complexity index is 1490. The fourth-order valence-electron chi connectivity index (χ4n) is 4.69. The summed E-state index contributed by atoms with van der Waals surface area (Å²) >= 11 is 0. The summed E-state index contributed by atoms with van der Waals surface area (Å²) in [5, 5.41) is 7.47. The van der Waals surface area contributed by atoms with E-state index in [-0.39, 0.29) is 0 Å². The molecule has 4 N–H and O–H groups in total. The first-order valence-corrected chi connectivity index (χ1v) is 13.9. The third-order valence-electron chi connectivity index (χ3n) is 6.72. The molecule has 3 aromatic rings. The summed E-state index contributed by atoms with van der Waals surface area (Å²) in [5.74, 6) is -1.89. The smallest absolute Gasteiger partial charge is 0.408 e. The number of hydrogen-bond donors (Lipinski definition) is 3. The number of alkyl carbamates (subject to hydrolysis) is 1. The molecular formula is C33H42N4O5. The van der Waals surface area contributed by atoms with Gasteiger partial charge in [0, 0.05) is 11.2 Å². The lowest BCUT2D eigenvalue weighted by Crippen LogP contribution is -2.58. The molecule has 4 amide bonds. The highest BCUT2D eigenvalue weighted by Crippen LogP contribution is 2.32. The van der Waals surface area contributed by atoms with Crippen LogP contribution in [0.15, 0.2) is 60.7 Å². The van der Waals surface area contributed by atoms with Crippen molar-refractivity contribution < 1.29 is 23.9 Å². The molecule has 9 nitrogen and oxygen atoms in total. The molecule has 0 fully saturated rings. The van der Waals surface area contributed by atoms with Crippen molar-refractivity contribution in [2.75, 3.05) is 5.32 Å². The minimum absolute atomic E-state index is 0.452. The molecule has 0 spiro atoms. The van der Waals surface area contributed by atoms with Gasteiger partial charge in [-0.3, -0.25) is 14.4 Å². The van der Waals surface area contributed by atoms with Crippen LogP contribution in [-0.2, 0) is 19.1 Å². The number of rotatable bonds is 8. The van der Waals surface area contributed by atoms with Crippen LogP contribution in [0.25, 0.3) is 10.8 Å². The van der Waals surface area contributed by atoms with Crippen LogP contribution in [0.3, 0.4) is 0 Å². The Kier molecular flexibility index (Phi) is 9.66. The van der Waals surface area contributed by atoms with E-state index in [0.29, 0.717) is 11.3 Å². The zero-order valence-electron chi connectivity index (χ0n) is 25.7. The molecule has 0 aromatic heterocycles. The summed E-state index contributed by atoms with van der Waals surface area (Å²) in [5.41, 5.74) is 6.84. The van der Waals surface area contributed by atoms with E-state index in [1.54, 1.807) is 47.6 Å². The zero-order valence-corrected chi connectivity index (χ0v) is 25.7. The molecular weight excluding hydrogens is 532 g/mol. The first kappa shape index (κ1) is 32.1. The van der Waals surface area contributed by atoms with Crippen LogP contribution in [0.5, 0.6) is 0 Å². The second-order valence-corrected chi connectivity index (χ2v) is 12.5. The molecule has 3 rings (SSSR count). The van der Waals surface area contributed by atoms with Gasteiger partial charge >= 0.3 is 6.09 Å². The molecule has 0 aliphatic carbocycles. The number of fused-ring (bicyclic) bond motifs is 1. The lowest BCUT2D eigenvalue weighted by molar-refractivity contribution is -0.147. The Balaban J connectivity index is 2.10. The number of ether oxygens (including phenoxy) is 1. The Morgan fingerprint density at radius 3 is 2.07 bits per heavy atom. The van der Waals surface area contributed by atoms with Gasteiger partial charge in [-0.2, -0.15) is 0 Å². The minimum atomic E-state index is -1.36. The van der Waals surface area contributed by atoms with Gasteiger partial charge in [-0.05, 0) is 95.0 Å². The molecule has 0 saturated heterocycles. The molecule has 0 aliphatic rings. The molecule has 0 saturated carbocycles. The third-order valence-corrected chi connectivity index (χ3v) is 6.72. The van der Waals surface area contributed by atoms with Crippen LogP contribution in [0.4, 0.5) is 10.5 Å². The van der Waals surface area contributed by atoms with Gasteiger partial charge in [0.2, 0.25) is 11.8 Å². The molecule has 224 valence electrons. The fourth-order valence-corrected chi connectivity index (χ4v) is 4.69. The van der Waals surface area contributed by atoms with E-state index in [1.165, 1.54) is 4.90 Å². The van der Waals surface area contributed by atoms with Crippen molar-refractivity contribution in [2.45, 2.75) is 85.0 Å². The number of carbonyl (C=O) groups is 4. The first-order valence-electron chi connectivity index (χ1n) is 13.9. The Morgan fingerprint density at radius 2 is 1.50 bits per heavy atom. The predicted molar refractivity (Wildman–Crippen MR) is 165 cm³/mol. The van der Waals surface area contributed by atoms with Gasteiger partial charge in [-0.25, -0.2) is 4.79 Å². The lowest BCUT2D eigenvalue weighted by atomic mass is 9.93. The van der Waals surface area contributed by atoms with Gasteiger partial charge in [0.05, 0.1) is 6.42 Å². The number of carbonyl (C=O) groups excluding carboxylic acids is 4. The molecule has 2 atom stereocenters. The Labute approximate surface area is 247 Å². The summed E-state index contributed by atoms with van der Waals surface area (Å²) in [6.45, 7) is 14.3. The van der Waals surface area contributed by atoms with E-state index >= 15 is 0 Å². The number of aryl methyl sites for hydroxylation is 2. The highest BCUT2D eigenvalue weighted by atomic mass is 16.6. The minimum Gasteiger partial charge on any atom is -0.444 e. The molecule has 3 aromatic carbocycles. The molecule has 0 aliphatic heterocycles. The van der Waals surface area contributed by atoms with Crippen LogP contribution in [-0.4, -0.2) is 45.9 Å². The number of primary amides is 1. The Hall–Kier alpha value is -4.40. The van der Waals surface area contributed by atoms with Gasteiger partial charge in [0.1, 0.15) is 17.7 Å². The largest absolute Gasteiger partial charge is 0.444 e. The molecule has 9 heteroatoms. The van der Waals surface area contributed by atoms with Crippen molar-refractivity contribution in [3.63, 3.8) is 0 Å². The number of anilines is 1. The number of nitrogens with zero attached hydrogens (tertiary/aromatic N) is 1. The average Bonchev–Trinajstić information content (AvgIpc) is 2.86. The van der Waals surface area contributed by atoms with E-state index < -0.39 is 53.5 Å². The van der Waals surface area contributed by atoms with Gasteiger partial charge in [0.25, 0.3) is 5.91 Å². The summed E-state index contributed by atoms with van der Waals surface area (Å²) in [6, 6.07) is 16.5. The van der Waals surface area contributed by atoms with Gasteiger partial charge in [0.15, 0.2) is 0 Å². The quantitative estimate of drug-likeness (QED) is 0.326. The highest BCUT2D eigenvalue weighted by Gasteiger charge is 2.42. The monoisotopic (exact) mass is 574 g/mol. The molecule has 0 bridgehead atoms. The average molecular weight is 575 g/mol. The number of benzene rings is 3. The molecule has 0 heterocycles. The topological polar surface area (TPSA) is 131 Å². The van der Waals surface area contributed by atoms with Crippen molar-refractivity contribution in [3.05, 3.63) is 77.4 Å². The van der Waals surface area contributed by atoms with Crippen molar-refractivity contribution in [1.82, 2.24) is 10.2 Å². The Morgan fingerprint density at radius 1 is 0.857 bits per heavy atom. The van der Waals surface area contributed by atoms with Crippen molar-refractivity contribution in [2.24, 2.45) is 5.73 Å². The van der Waals surface area contributed by atoms with Crippen molar-refractivity contribution in [3.8, 4) is 0 Å². The molecule has 42 heavy (non-hydrogen) atoms. The van der Waals surface area contributed by atoms with Gasteiger partial charge < -0.3 is 26.0 Å². The highest BCUT2D eigenvalue weighted by molar-refractivity contribution is 6.01. The van der Waals surface area contributed by atoms with Crippen LogP contribution in [0, 0.1) is 13.8 Å². The second kappa shape index (κ2) is 12.6. The summed E-state index contributed by atoms with van der Waals surface area (Å²) < 4.78 is 5.35. The van der Waals surface area contributed by atoms with Crippen molar-refractivity contribution in [1.29, 1.82) is 0 Å². The van der Waals surface area contributed by atoms with Crippen LogP contribution < -0.4 is 16.4 Å². The zero-order chi connectivity index (χ0) is 31.4. The number of nitrogens with two attached hydrogens (primary N) is 1. The van der Waals surface area contributed by atoms with Crippen LogP contribution in [0.1, 0.15) is 70.7 Å². The van der Waals surface area contributed by atoms with E-state index in [4.69, 9.17) is 10.5 Å². The van der Waals surface area contributed by atoms with Crippen LogP contribution >= 0.6 is 0 Å². The van der Waals surface area contributed by atoms with E-state index in [1.807, 2.05) is 68.4 Å². The molecule has 0 radical (unpaired) electrons. The number of nitrogens with one attached hydrogen (secondary N) is 2. The maximum absolute atomic E-state index is 14.3. The summed E-state index contributed by atoms with van der Waals surface area (Å²) in [4.78, 5) is 54.6. The van der Waals surface area contributed by atoms with Crippen LogP contribution in [0.2, 0.25) is 0 Å². The van der Waals surface area contributed by atoms with Gasteiger partial charge in [-0.1, -0.05) is 48.5 Å². The van der Waals surface area contributed by atoms with E-state index in [9.17, 15) is 19.2 Å². The first-order chi connectivity index (χ1) is 19.5. The maximum atomic E-state index is 14.3. The standard InChI is InChI=1S/C33H42N4O5/c1-20-13-14-24(17-21(20)2)28(29(39)35-25-16-15-22-11-9-10-12-23(22)18-25)37(32(3,4)5)30(40)26(19-27(34)38)36-31(41)42-33(6,7)8/h9-18,26,28H,19H2,1-8H3,(H2,34,38)(H,35,39)(H,36,41). The van der Waals surface area contributed by atoms with E-state index in [0.717, 1.165) is 21.9 Å². The summed E-state index contributed by atoms with van der Waals surface area (Å²) in [6.07, 6.45) is -1.35. The fraction of sp³-hybridized carbons (Fsp3) is 0.394. The normalized spacial score (nSPS) is 13.1. The third kappa shape index (κ3) is 8.31. The summed E-state index contributed by atoms with van der Waals surface area (Å²) in [7, 11) is 0. The maximum Gasteiger partial charge on any atom is 0.408 e. The number of amides is 4. The second-order valence-electron chi connectivity index (χ2n) is 12.5. The molecule has 2 unspecified atom stereocenters. The van der Waals surface area contributed by atoms with Gasteiger partial charge in [-0.15, -0.1) is 0 Å². The van der Waals surface area contributed by atoms with E-state index in [2.05, 4.69) is 10.6 Å². The predicted octanol–water partition coefficient (Wildman–Crippen LogP) is 5.53. The van der Waals surface area contributed by atoms with Crippen molar-refractivity contribution >= 4 is 40.3 Å². The lowest BCUT2D eigenvalue weighted by Gasteiger charge is -2.43. The SMILES string of the molecule is Cc1ccc(C(C(=O)Nc2ccc3ccccc3c2)N(C(=O)C(CC(N)=O)NC(=O)OC(C)(C)C)C(C)(C)C)cc1C.